The molecule has 4 amide bonds. The lowest BCUT2D eigenvalue weighted by atomic mass is 9.92. The highest BCUT2D eigenvalue weighted by Gasteiger charge is 2.43. The number of nitrogens with one attached hydrogen (secondary N) is 3. The van der Waals surface area contributed by atoms with Gasteiger partial charge in [0.05, 0.1) is 93.6 Å². The maximum Gasteiger partial charge on any atom is 0.256 e. The Morgan fingerprint density at radius 3 is 1.04 bits per heavy atom. The number of fused-ring (bicyclic) bond motifs is 3. The van der Waals surface area contributed by atoms with Crippen molar-refractivity contribution in [2.75, 3.05) is 194 Å². The lowest BCUT2D eigenvalue weighted by molar-refractivity contribution is -0.138. The van der Waals surface area contributed by atoms with Crippen molar-refractivity contribution in [1.82, 2.24) is 68.3 Å². The molecule has 0 saturated carbocycles. The maximum atomic E-state index is 14.1. The van der Waals surface area contributed by atoms with Gasteiger partial charge in [-0.2, -0.15) is 28.8 Å². The predicted molar refractivity (Wildman–Crippen MR) is 492 cm³/mol. The van der Waals surface area contributed by atoms with E-state index in [0.29, 0.717) is 77.4 Å². The minimum Gasteiger partial charge on any atom is -0.356 e. The molecule has 19 rings (SSSR count). The highest BCUT2D eigenvalue weighted by Crippen LogP contribution is 2.42. The van der Waals surface area contributed by atoms with E-state index >= 15 is 0 Å². The van der Waals surface area contributed by atoms with E-state index in [1.54, 1.807) is 28.0 Å². The maximum absolute atomic E-state index is 14.1. The van der Waals surface area contributed by atoms with Crippen LogP contribution >= 0.6 is 34.8 Å². The summed E-state index contributed by atoms with van der Waals surface area (Å²) in [6.45, 7) is 20.4. The van der Waals surface area contributed by atoms with E-state index < -0.39 is 30.1 Å². The van der Waals surface area contributed by atoms with Crippen molar-refractivity contribution in [2.45, 2.75) is 128 Å². The van der Waals surface area contributed by atoms with Gasteiger partial charge < -0.3 is 59.6 Å². The third-order valence-corrected chi connectivity index (χ3v) is 28.3. The summed E-state index contributed by atoms with van der Waals surface area (Å²) in [5, 5.41) is 16.2. The van der Waals surface area contributed by atoms with Crippen LogP contribution in [0.3, 0.4) is 0 Å². The van der Waals surface area contributed by atoms with Crippen LogP contribution in [-0.2, 0) is 34.9 Å². The Morgan fingerprint density at radius 2 is 0.722 bits per heavy atom. The number of amides is 4. The first-order chi connectivity index (χ1) is 60.3. The first-order valence-electron chi connectivity index (χ1n) is 44.0. The summed E-state index contributed by atoms with van der Waals surface area (Å²) in [6, 6.07) is 25.0. The minimum absolute atomic E-state index is 0.118. The van der Waals surface area contributed by atoms with Crippen molar-refractivity contribution < 1.29 is 44.4 Å². The molecule has 34 nitrogen and oxygen atoms in total. The largest absolute Gasteiger partial charge is 0.356 e. The number of nitrogens with two attached hydrogens (primary N) is 1. The van der Waals surface area contributed by atoms with Crippen molar-refractivity contribution in [3.8, 4) is 0 Å². The van der Waals surface area contributed by atoms with Crippen molar-refractivity contribution in [1.29, 1.82) is 0 Å². The number of piperidine rings is 4. The van der Waals surface area contributed by atoms with Crippen LogP contribution in [0.4, 0.5) is 52.0 Å². The average Bonchev–Trinajstić information content (AvgIpc) is 1.60. The Morgan fingerprint density at radius 1 is 0.389 bits per heavy atom. The molecular weight excluding hydrogens is 1730 g/mol. The van der Waals surface area contributed by atoms with E-state index in [1.807, 2.05) is 47.6 Å². The lowest BCUT2D eigenvalue weighted by Gasteiger charge is -2.38. The molecule has 674 valence electrons. The molecule has 10 aliphatic rings. The number of sulfonamides is 3. The second-order valence-electron chi connectivity index (χ2n) is 35.7. The number of halogens is 3. The number of carbonyl (C=O) groups is 4. The summed E-state index contributed by atoms with van der Waals surface area (Å²) in [5.74, 6) is 5.83. The molecule has 10 aliphatic heterocycles. The number of aromatic nitrogens is 9. The van der Waals surface area contributed by atoms with E-state index in [2.05, 4.69) is 81.5 Å². The topological polar surface area (TPSA) is 359 Å². The normalized spacial score (nSPS) is 22.6. The average molecular weight is 1840 g/mol. The van der Waals surface area contributed by atoms with Crippen LogP contribution in [0.25, 0.3) is 16.9 Å². The molecule has 6 aromatic heterocycles. The van der Waals surface area contributed by atoms with E-state index in [0.717, 1.165) is 232 Å². The fourth-order valence-corrected chi connectivity index (χ4v) is 21.2. The molecule has 0 aliphatic carbocycles. The zero-order chi connectivity index (χ0) is 88.4. The number of carbonyl (C=O) groups excluding carboxylic acids is 4. The van der Waals surface area contributed by atoms with E-state index in [1.165, 1.54) is 55.7 Å². The van der Waals surface area contributed by atoms with Crippen molar-refractivity contribution in [2.24, 2.45) is 23.5 Å². The molecule has 10 saturated heterocycles. The van der Waals surface area contributed by atoms with Gasteiger partial charge in [-0.25, -0.2) is 40.2 Å². The number of likely N-dealkylation sites (tertiary alicyclic amines) is 4. The Balaban J connectivity index is 0.000000134. The van der Waals surface area contributed by atoms with Crippen LogP contribution in [0.2, 0.25) is 15.1 Å². The number of likely N-dealkylation sites (N-methyl/N-ethyl adjacent to an activating group) is 1. The van der Waals surface area contributed by atoms with E-state index in [4.69, 9.17) is 70.8 Å². The molecule has 0 bridgehead atoms. The molecule has 3 aromatic carbocycles. The van der Waals surface area contributed by atoms with Gasteiger partial charge in [-0.15, -0.1) is 0 Å². The second kappa shape index (κ2) is 36.4. The Bertz CT molecular complexity index is 5990. The van der Waals surface area contributed by atoms with Crippen LogP contribution in [0.5, 0.6) is 0 Å². The lowest BCUT2D eigenvalue weighted by Crippen LogP contribution is -2.49. The van der Waals surface area contributed by atoms with Crippen molar-refractivity contribution in [3.63, 3.8) is 0 Å². The van der Waals surface area contributed by atoms with Crippen molar-refractivity contribution >= 4 is 157 Å². The summed E-state index contributed by atoms with van der Waals surface area (Å²) in [5.41, 5.74) is 12.3. The van der Waals surface area contributed by atoms with Crippen LogP contribution in [-0.4, -0.2) is 273 Å². The molecule has 0 radical (unpaired) electrons. The molecule has 2 unspecified atom stereocenters. The molecule has 40 heteroatoms. The number of rotatable bonds is 19. The van der Waals surface area contributed by atoms with Gasteiger partial charge in [0, 0.05) is 182 Å². The highest BCUT2D eigenvalue weighted by atomic mass is 35.5. The summed E-state index contributed by atoms with van der Waals surface area (Å²) < 4.78 is 85.3. The number of benzene rings is 3. The first-order valence-corrected chi connectivity index (χ1v) is 50.8. The standard InChI is InChI=1S/C30H38ClN9O4S.C29H38ClN7O3S.C27H35ClN8O3S/c1-45(43,44)35-23-8-7-19(31)14-20(23)30(42)39-13-3-2-6-25(39)24-15-27-33-26(36-9-4-10-36)16-28(40(27)34-24)38-17-21(22(32)18-38)29(41)37-11-5-12-37;1-19-13-20(2)18-35(17-19)28-16-26(34-10-6-11-34)31-27-15-24(32-37(27)28)25-7-4-5-12-36(25)29(38)22-14-21(30)8-9-23(22)33-41(3,39)40;1-32-12-14-34(15-13-32)26-18-24(33-9-5-10-33)29-25-17-22(30-36(25)26)23-6-3-4-11-35(23)27(37)20-16-19(28)7-8-21(20)31-40(2,38)39/h7-8,14-16,21-22,25,35H,2-6,9-13,17-18,32H2,1H3;8-9,14-16,19-20,25,33H,4-7,10-13,17-18H2,1-3H3;7-8,16-18,23,31H,3-6,9-15H2,1-2H3/t21?,22?,25-;19-,20+,25-;23-/m000/s1. The number of nitrogens with zero attached hydrogens (tertiary/aromatic N) is 20. The summed E-state index contributed by atoms with van der Waals surface area (Å²) in [7, 11) is -8.66. The first kappa shape index (κ1) is 88.3. The van der Waals surface area contributed by atoms with Gasteiger partial charge >= 0.3 is 0 Å². The molecule has 16 heterocycles. The van der Waals surface area contributed by atoms with Crippen LogP contribution < -0.4 is 49.3 Å². The quantitative estimate of drug-likeness (QED) is 0.0584. The summed E-state index contributed by atoms with van der Waals surface area (Å²) in [6.07, 6.45) is 16.4. The third kappa shape index (κ3) is 19.3. The molecule has 0 spiro atoms. The zero-order valence-corrected chi connectivity index (χ0v) is 76.7. The zero-order valence-electron chi connectivity index (χ0n) is 72.0. The number of hydrogen-bond donors (Lipinski definition) is 4. The van der Waals surface area contributed by atoms with Gasteiger partial charge in [0.1, 0.15) is 34.9 Å². The van der Waals surface area contributed by atoms with Gasteiger partial charge in [0.15, 0.2) is 16.9 Å². The van der Waals surface area contributed by atoms with Gasteiger partial charge in [-0.05, 0) is 163 Å². The minimum atomic E-state index is -3.63. The third-order valence-electron chi connectivity index (χ3n) is 25.8. The number of piperazine rings is 1. The summed E-state index contributed by atoms with van der Waals surface area (Å²) in [4.78, 5) is 93.4. The molecule has 126 heavy (non-hydrogen) atoms. The Hall–Kier alpha value is -9.76. The van der Waals surface area contributed by atoms with Crippen LogP contribution in [0.15, 0.2) is 91.0 Å². The van der Waals surface area contributed by atoms with Crippen LogP contribution in [0, 0.1) is 17.8 Å². The van der Waals surface area contributed by atoms with Crippen molar-refractivity contribution in [3.05, 3.63) is 140 Å². The van der Waals surface area contributed by atoms with Crippen LogP contribution in [0.1, 0.15) is 170 Å². The molecule has 5 N–H and O–H groups in total. The molecular formula is C86H111Cl3N24O10S3. The smallest absolute Gasteiger partial charge is 0.256 e. The highest BCUT2D eigenvalue weighted by molar-refractivity contribution is 7.92. The van der Waals surface area contributed by atoms with Gasteiger partial charge in [0.2, 0.25) is 36.0 Å². The fourth-order valence-electron chi connectivity index (χ4n) is 19.0. The fraction of sp³-hybridized carbons (Fsp3) is 0.535. The molecule has 10 fully saturated rings. The predicted octanol–water partition coefficient (Wildman–Crippen LogP) is 10.2. The summed E-state index contributed by atoms with van der Waals surface area (Å²) >= 11 is 18.8. The second-order valence-corrected chi connectivity index (χ2v) is 42.2. The van der Waals surface area contributed by atoms with E-state index in [9.17, 15) is 44.4 Å². The van der Waals surface area contributed by atoms with E-state index in [-0.39, 0.29) is 87.5 Å². The van der Waals surface area contributed by atoms with Gasteiger partial charge in [0.25, 0.3) is 17.7 Å². The van der Waals surface area contributed by atoms with Gasteiger partial charge in [-0.1, -0.05) is 48.7 Å². The molecule has 9 aromatic rings. The SMILES string of the molecule is CN1CCN(c2cc(N3CCC3)nc3cc([C@@H]4CCCCN4C(=O)c4cc(Cl)ccc4NS(C)(=O)=O)nn23)CC1.CS(=O)(=O)Nc1ccc(Cl)cc1C(=O)N1CCCC[C@H]1c1cc2nc(N3CCC3)cc(N3CC(N)C(C(=O)N4CCC4)C3)n2n1.C[C@@H]1C[C@H](C)CN(c2cc(N3CCC3)nc3cc([C@@H]4CCCCN4C(=O)c4cc(Cl)ccc4NS(C)(=O)=O)nn23)C1. The Kier molecular flexibility index (Phi) is 25.5. The Labute approximate surface area is 750 Å². The number of anilines is 9. The monoisotopic (exact) mass is 1840 g/mol. The number of hydrogen-bond acceptors (Lipinski definition) is 24. The van der Waals surface area contributed by atoms with Gasteiger partial charge in [-0.3, -0.25) is 33.3 Å². The molecule has 7 atom stereocenters.